The number of carbonyl (C=O) groups is 1. The molecule has 1 aliphatic rings. The molecule has 0 aromatic heterocycles. The van der Waals surface area contributed by atoms with Crippen molar-refractivity contribution in [2.75, 3.05) is 14.2 Å². The molecule has 1 aliphatic carbocycles. The summed E-state index contributed by atoms with van der Waals surface area (Å²) in [6, 6.07) is 6.06. The van der Waals surface area contributed by atoms with Crippen molar-refractivity contribution in [3.63, 3.8) is 0 Å². The van der Waals surface area contributed by atoms with Crippen LogP contribution >= 0.6 is 0 Å². The molecule has 0 spiro atoms. The molecule has 116 valence electrons. The zero-order valence-electron chi connectivity index (χ0n) is 13.2. The SMILES string of the molecule is COC(=O)C(C)(C)C(O)C1CCc2cc(OC)ccc2C1. The highest BCUT2D eigenvalue weighted by Gasteiger charge is 2.42. The Morgan fingerprint density at radius 1 is 1.33 bits per heavy atom. The van der Waals surface area contributed by atoms with Crippen molar-refractivity contribution in [3.05, 3.63) is 29.3 Å². The van der Waals surface area contributed by atoms with Crippen molar-refractivity contribution in [2.24, 2.45) is 11.3 Å². The Balaban J connectivity index is 2.16. The molecule has 0 saturated heterocycles. The fraction of sp³-hybridized carbons (Fsp3) is 0.588. The smallest absolute Gasteiger partial charge is 0.313 e. The maximum atomic E-state index is 11.8. The Labute approximate surface area is 126 Å². The number of ether oxygens (including phenoxy) is 2. The van der Waals surface area contributed by atoms with Crippen LogP contribution in [0.1, 0.15) is 31.4 Å². The van der Waals surface area contributed by atoms with Gasteiger partial charge in [-0.05, 0) is 62.3 Å². The largest absolute Gasteiger partial charge is 0.497 e. The Morgan fingerprint density at radius 3 is 2.67 bits per heavy atom. The Morgan fingerprint density at radius 2 is 2.05 bits per heavy atom. The second-order valence-electron chi connectivity index (χ2n) is 6.30. The number of rotatable bonds is 4. The molecule has 21 heavy (non-hydrogen) atoms. The van der Waals surface area contributed by atoms with E-state index < -0.39 is 11.5 Å². The number of carbonyl (C=O) groups excluding carboxylic acids is 1. The zero-order valence-corrected chi connectivity index (χ0v) is 13.2. The maximum absolute atomic E-state index is 11.8. The van der Waals surface area contributed by atoms with E-state index in [1.807, 2.05) is 6.07 Å². The molecule has 0 amide bonds. The average Bonchev–Trinajstić information content (AvgIpc) is 2.51. The Hall–Kier alpha value is -1.55. The van der Waals surface area contributed by atoms with E-state index >= 15 is 0 Å². The van der Waals surface area contributed by atoms with Crippen LogP contribution in [-0.2, 0) is 22.4 Å². The summed E-state index contributed by atoms with van der Waals surface area (Å²) in [6.45, 7) is 3.49. The van der Waals surface area contributed by atoms with Gasteiger partial charge >= 0.3 is 5.97 Å². The molecule has 2 rings (SSSR count). The van der Waals surface area contributed by atoms with Crippen LogP contribution in [0.2, 0.25) is 0 Å². The Kier molecular flexibility index (Phi) is 4.57. The molecule has 0 fully saturated rings. The molecule has 4 heteroatoms. The van der Waals surface area contributed by atoms with Gasteiger partial charge in [0, 0.05) is 0 Å². The van der Waals surface area contributed by atoms with Crippen molar-refractivity contribution >= 4 is 5.97 Å². The summed E-state index contributed by atoms with van der Waals surface area (Å²) in [5, 5.41) is 10.6. The Bertz CT molecular complexity index is 522. The van der Waals surface area contributed by atoms with Crippen LogP contribution in [0.15, 0.2) is 18.2 Å². The molecular weight excluding hydrogens is 268 g/mol. The first-order valence-electron chi connectivity index (χ1n) is 7.32. The van der Waals surface area contributed by atoms with E-state index in [2.05, 4.69) is 12.1 Å². The third-order valence-corrected chi connectivity index (χ3v) is 4.58. The molecule has 0 saturated carbocycles. The van der Waals surface area contributed by atoms with Gasteiger partial charge in [-0.15, -0.1) is 0 Å². The first kappa shape index (κ1) is 15.8. The number of aliphatic hydroxyl groups excluding tert-OH is 1. The minimum absolute atomic E-state index is 0.0694. The summed E-state index contributed by atoms with van der Waals surface area (Å²) in [7, 11) is 3.02. The fourth-order valence-electron chi connectivity index (χ4n) is 3.13. The lowest BCUT2D eigenvalue weighted by molar-refractivity contribution is -0.160. The van der Waals surface area contributed by atoms with Crippen molar-refractivity contribution in [1.82, 2.24) is 0 Å². The van der Waals surface area contributed by atoms with E-state index in [9.17, 15) is 9.90 Å². The lowest BCUT2D eigenvalue weighted by Crippen LogP contribution is -2.44. The molecule has 1 aromatic carbocycles. The standard InChI is InChI=1S/C17H24O4/c1-17(2,16(19)21-4)15(18)13-6-5-12-10-14(20-3)8-7-11(12)9-13/h7-8,10,13,15,18H,5-6,9H2,1-4H3. The number of methoxy groups -OCH3 is 2. The summed E-state index contributed by atoms with van der Waals surface area (Å²) < 4.78 is 10.1. The number of hydrogen-bond acceptors (Lipinski definition) is 4. The molecule has 0 bridgehead atoms. The summed E-state index contributed by atoms with van der Waals surface area (Å²) in [5.41, 5.74) is 1.61. The van der Waals surface area contributed by atoms with Gasteiger partial charge in [-0.3, -0.25) is 4.79 Å². The van der Waals surface area contributed by atoms with E-state index in [1.54, 1.807) is 21.0 Å². The van der Waals surface area contributed by atoms with Gasteiger partial charge in [-0.2, -0.15) is 0 Å². The van der Waals surface area contributed by atoms with E-state index in [0.29, 0.717) is 0 Å². The average molecular weight is 292 g/mol. The monoisotopic (exact) mass is 292 g/mol. The lowest BCUT2D eigenvalue weighted by atomic mass is 9.72. The first-order chi connectivity index (χ1) is 9.90. The van der Waals surface area contributed by atoms with Gasteiger partial charge in [0.25, 0.3) is 0 Å². The minimum Gasteiger partial charge on any atom is -0.497 e. The highest BCUT2D eigenvalue weighted by atomic mass is 16.5. The molecule has 0 heterocycles. The molecule has 0 aliphatic heterocycles. The van der Waals surface area contributed by atoms with Crippen LogP contribution in [0.25, 0.3) is 0 Å². The maximum Gasteiger partial charge on any atom is 0.313 e. The van der Waals surface area contributed by atoms with Crippen LogP contribution in [0.3, 0.4) is 0 Å². The molecule has 1 aromatic rings. The zero-order chi connectivity index (χ0) is 15.6. The van der Waals surface area contributed by atoms with Crippen LogP contribution in [-0.4, -0.2) is 31.4 Å². The second-order valence-corrected chi connectivity index (χ2v) is 6.30. The van der Waals surface area contributed by atoms with Gasteiger partial charge in [0.1, 0.15) is 5.75 Å². The molecule has 1 N–H and O–H groups in total. The molecule has 2 atom stereocenters. The van der Waals surface area contributed by atoms with Crippen LogP contribution < -0.4 is 4.74 Å². The number of fused-ring (bicyclic) bond motifs is 1. The third-order valence-electron chi connectivity index (χ3n) is 4.58. The van der Waals surface area contributed by atoms with E-state index in [-0.39, 0.29) is 11.9 Å². The minimum atomic E-state index is -0.886. The van der Waals surface area contributed by atoms with Crippen LogP contribution in [0, 0.1) is 11.3 Å². The predicted molar refractivity (Wildman–Crippen MR) is 80.3 cm³/mol. The van der Waals surface area contributed by atoms with Gasteiger partial charge in [0.2, 0.25) is 0 Å². The normalized spacial score (nSPS) is 19.6. The molecule has 0 radical (unpaired) electrons. The van der Waals surface area contributed by atoms with Gasteiger partial charge < -0.3 is 14.6 Å². The quantitative estimate of drug-likeness (QED) is 0.866. The van der Waals surface area contributed by atoms with Crippen LogP contribution in [0.4, 0.5) is 0 Å². The van der Waals surface area contributed by atoms with E-state index in [1.165, 1.54) is 18.2 Å². The number of hydrogen-bond donors (Lipinski definition) is 1. The summed E-state index contributed by atoms with van der Waals surface area (Å²) in [6.07, 6.45) is 1.83. The second kappa shape index (κ2) is 6.06. The van der Waals surface area contributed by atoms with Gasteiger partial charge in [0.05, 0.1) is 25.7 Å². The number of aliphatic hydroxyl groups is 1. The topological polar surface area (TPSA) is 55.8 Å². The van der Waals surface area contributed by atoms with E-state index in [0.717, 1.165) is 25.0 Å². The van der Waals surface area contributed by atoms with E-state index in [4.69, 9.17) is 9.47 Å². The number of aryl methyl sites for hydroxylation is 1. The van der Waals surface area contributed by atoms with Gasteiger partial charge in [0.15, 0.2) is 0 Å². The fourth-order valence-corrected chi connectivity index (χ4v) is 3.13. The predicted octanol–water partition coefficient (Wildman–Crippen LogP) is 2.36. The highest BCUT2D eigenvalue weighted by Crippen LogP contribution is 2.36. The van der Waals surface area contributed by atoms with Crippen molar-refractivity contribution in [2.45, 2.75) is 39.2 Å². The van der Waals surface area contributed by atoms with Crippen LogP contribution in [0.5, 0.6) is 5.75 Å². The highest BCUT2D eigenvalue weighted by molar-refractivity contribution is 5.76. The van der Waals surface area contributed by atoms with Gasteiger partial charge in [-0.1, -0.05) is 6.07 Å². The van der Waals surface area contributed by atoms with Crippen molar-refractivity contribution < 1.29 is 19.4 Å². The van der Waals surface area contributed by atoms with Crippen molar-refractivity contribution in [3.8, 4) is 5.75 Å². The molecular formula is C17H24O4. The molecule has 4 nitrogen and oxygen atoms in total. The summed E-state index contributed by atoms with van der Waals surface area (Å²) in [4.78, 5) is 11.8. The lowest BCUT2D eigenvalue weighted by Gasteiger charge is -2.36. The summed E-state index contributed by atoms with van der Waals surface area (Å²) >= 11 is 0. The summed E-state index contributed by atoms with van der Waals surface area (Å²) in [5.74, 6) is 0.568. The first-order valence-corrected chi connectivity index (χ1v) is 7.32. The number of benzene rings is 1. The van der Waals surface area contributed by atoms with Crippen molar-refractivity contribution in [1.29, 1.82) is 0 Å². The number of esters is 1. The third kappa shape index (κ3) is 3.05. The molecule has 2 unspecified atom stereocenters. The van der Waals surface area contributed by atoms with Gasteiger partial charge in [-0.25, -0.2) is 0 Å².